The van der Waals surface area contributed by atoms with Crippen molar-refractivity contribution in [3.63, 3.8) is 0 Å². The Labute approximate surface area is 86.6 Å². The SMILES string of the molecule is C=Cc1nc2cncc(O)c2nc1C=C. The number of fused-ring (bicyclic) bond motifs is 1. The van der Waals surface area contributed by atoms with Gasteiger partial charge in [0, 0.05) is 0 Å². The Hall–Kier alpha value is -2.23. The summed E-state index contributed by atoms with van der Waals surface area (Å²) in [4.78, 5) is 12.3. The second kappa shape index (κ2) is 3.49. The molecule has 0 amide bonds. The standard InChI is InChI=1S/C11H9N3O/c1-3-7-8(4-2)14-11-9(13-7)5-12-6-10(11)15/h3-6,15H,1-2H2. The van der Waals surface area contributed by atoms with Crippen molar-refractivity contribution in [3.05, 3.63) is 36.9 Å². The Bertz CT molecular complexity index is 549. The summed E-state index contributed by atoms with van der Waals surface area (Å²) < 4.78 is 0. The summed E-state index contributed by atoms with van der Waals surface area (Å²) in [5.74, 6) is 0.0127. The molecule has 0 aliphatic rings. The first-order valence-corrected chi connectivity index (χ1v) is 4.36. The van der Waals surface area contributed by atoms with Crippen molar-refractivity contribution in [2.24, 2.45) is 0 Å². The third-order valence-corrected chi connectivity index (χ3v) is 2.00. The molecule has 1 N–H and O–H groups in total. The molecule has 4 heteroatoms. The Balaban J connectivity index is 2.86. The fourth-order valence-corrected chi connectivity index (χ4v) is 1.29. The fourth-order valence-electron chi connectivity index (χ4n) is 1.29. The number of aromatic hydroxyl groups is 1. The normalized spacial score (nSPS) is 10.1. The van der Waals surface area contributed by atoms with E-state index >= 15 is 0 Å². The van der Waals surface area contributed by atoms with Crippen LogP contribution in [-0.2, 0) is 0 Å². The minimum absolute atomic E-state index is 0.0127. The molecule has 2 rings (SSSR count). The molecule has 15 heavy (non-hydrogen) atoms. The van der Waals surface area contributed by atoms with Crippen molar-refractivity contribution in [3.8, 4) is 5.75 Å². The van der Waals surface area contributed by atoms with E-state index in [0.717, 1.165) is 0 Å². The van der Waals surface area contributed by atoms with Crippen LogP contribution in [0.5, 0.6) is 5.75 Å². The summed E-state index contributed by atoms with van der Waals surface area (Å²) in [5.41, 5.74) is 2.19. The van der Waals surface area contributed by atoms with Crippen LogP contribution < -0.4 is 0 Å². The monoisotopic (exact) mass is 199 g/mol. The number of hydrogen-bond donors (Lipinski definition) is 1. The molecular weight excluding hydrogens is 190 g/mol. The van der Waals surface area contributed by atoms with E-state index in [4.69, 9.17) is 0 Å². The quantitative estimate of drug-likeness (QED) is 0.803. The molecule has 2 aromatic rings. The lowest BCUT2D eigenvalue weighted by molar-refractivity contribution is 0.477. The molecule has 0 fully saturated rings. The summed E-state index contributed by atoms with van der Waals surface area (Å²) in [7, 11) is 0. The van der Waals surface area contributed by atoms with Gasteiger partial charge in [0.05, 0.1) is 23.8 Å². The van der Waals surface area contributed by atoms with Crippen LogP contribution in [0.15, 0.2) is 25.6 Å². The van der Waals surface area contributed by atoms with Gasteiger partial charge in [-0.15, -0.1) is 0 Å². The van der Waals surface area contributed by atoms with E-state index in [0.29, 0.717) is 22.4 Å². The van der Waals surface area contributed by atoms with E-state index in [9.17, 15) is 5.11 Å². The summed E-state index contributed by atoms with van der Waals surface area (Å²) >= 11 is 0. The molecule has 0 unspecified atom stereocenters. The second-order valence-electron chi connectivity index (χ2n) is 2.93. The van der Waals surface area contributed by atoms with E-state index in [1.54, 1.807) is 18.3 Å². The molecule has 74 valence electrons. The van der Waals surface area contributed by atoms with Crippen molar-refractivity contribution in [2.45, 2.75) is 0 Å². The highest BCUT2D eigenvalue weighted by atomic mass is 16.3. The van der Waals surface area contributed by atoms with E-state index in [2.05, 4.69) is 28.1 Å². The van der Waals surface area contributed by atoms with Gasteiger partial charge in [-0.2, -0.15) is 0 Å². The van der Waals surface area contributed by atoms with Crippen LogP contribution in [-0.4, -0.2) is 20.1 Å². The minimum Gasteiger partial charge on any atom is -0.504 e. The van der Waals surface area contributed by atoms with Crippen LogP contribution in [0.4, 0.5) is 0 Å². The van der Waals surface area contributed by atoms with Gasteiger partial charge in [-0.3, -0.25) is 4.98 Å². The van der Waals surface area contributed by atoms with Crippen LogP contribution in [0.25, 0.3) is 23.2 Å². The third-order valence-electron chi connectivity index (χ3n) is 2.00. The van der Waals surface area contributed by atoms with Gasteiger partial charge < -0.3 is 5.11 Å². The Morgan fingerprint density at radius 2 is 1.73 bits per heavy atom. The van der Waals surface area contributed by atoms with Crippen molar-refractivity contribution in [2.75, 3.05) is 0 Å². The highest BCUT2D eigenvalue weighted by Crippen LogP contribution is 2.21. The zero-order valence-electron chi connectivity index (χ0n) is 8.01. The van der Waals surface area contributed by atoms with Crippen LogP contribution in [0.2, 0.25) is 0 Å². The number of rotatable bonds is 2. The molecule has 0 aromatic carbocycles. The van der Waals surface area contributed by atoms with E-state index in [1.807, 2.05) is 0 Å². The van der Waals surface area contributed by atoms with Gasteiger partial charge in [-0.25, -0.2) is 9.97 Å². The molecule has 0 saturated carbocycles. The maximum atomic E-state index is 9.53. The highest BCUT2D eigenvalue weighted by molar-refractivity contribution is 5.81. The molecule has 2 aromatic heterocycles. The molecule has 0 spiro atoms. The first-order chi connectivity index (χ1) is 7.26. The van der Waals surface area contributed by atoms with Gasteiger partial charge >= 0.3 is 0 Å². The van der Waals surface area contributed by atoms with Crippen molar-refractivity contribution in [1.82, 2.24) is 15.0 Å². The zero-order chi connectivity index (χ0) is 10.8. The van der Waals surface area contributed by atoms with E-state index < -0.39 is 0 Å². The minimum atomic E-state index is 0.0127. The Morgan fingerprint density at radius 1 is 1.07 bits per heavy atom. The van der Waals surface area contributed by atoms with Crippen LogP contribution in [0.1, 0.15) is 11.4 Å². The lowest BCUT2D eigenvalue weighted by Gasteiger charge is -2.03. The molecule has 0 aliphatic carbocycles. The smallest absolute Gasteiger partial charge is 0.161 e. The molecule has 0 bridgehead atoms. The number of hydrogen-bond acceptors (Lipinski definition) is 4. The van der Waals surface area contributed by atoms with Crippen molar-refractivity contribution in [1.29, 1.82) is 0 Å². The first-order valence-electron chi connectivity index (χ1n) is 4.36. The number of nitrogens with zero attached hydrogens (tertiary/aromatic N) is 3. The fraction of sp³-hybridized carbons (Fsp3) is 0. The summed E-state index contributed by atoms with van der Waals surface area (Å²) in [6.45, 7) is 7.26. The summed E-state index contributed by atoms with van der Waals surface area (Å²) in [6, 6.07) is 0. The molecule has 4 nitrogen and oxygen atoms in total. The van der Waals surface area contributed by atoms with Crippen molar-refractivity contribution < 1.29 is 5.11 Å². The third kappa shape index (κ3) is 1.46. The molecule has 2 heterocycles. The number of aromatic nitrogens is 3. The largest absolute Gasteiger partial charge is 0.504 e. The van der Waals surface area contributed by atoms with Gasteiger partial charge in [0.1, 0.15) is 11.0 Å². The highest BCUT2D eigenvalue weighted by Gasteiger charge is 2.06. The van der Waals surface area contributed by atoms with E-state index in [1.165, 1.54) is 6.20 Å². The van der Waals surface area contributed by atoms with Gasteiger partial charge in [-0.05, 0) is 12.2 Å². The second-order valence-corrected chi connectivity index (χ2v) is 2.93. The van der Waals surface area contributed by atoms with Crippen molar-refractivity contribution >= 4 is 23.2 Å². The van der Waals surface area contributed by atoms with Gasteiger partial charge in [0.2, 0.25) is 0 Å². The average molecular weight is 199 g/mol. The Morgan fingerprint density at radius 3 is 2.40 bits per heavy atom. The van der Waals surface area contributed by atoms with Gasteiger partial charge in [0.15, 0.2) is 5.75 Å². The average Bonchev–Trinajstić information content (AvgIpc) is 2.28. The lowest BCUT2D eigenvalue weighted by atomic mass is 10.2. The predicted octanol–water partition coefficient (Wildman–Crippen LogP) is 2.02. The van der Waals surface area contributed by atoms with E-state index in [-0.39, 0.29) is 5.75 Å². The van der Waals surface area contributed by atoms with Crippen LogP contribution in [0.3, 0.4) is 0 Å². The molecule has 0 saturated heterocycles. The maximum absolute atomic E-state index is 9.53. The van der Waals surface area contributed by atoms with Crippen LogP contribution in [0, 0.1) is 0 Å². The molecule has 0 aliphatic heterocycles. The first kappa shape index (κ1) is 9.33. The summed E-state index contributed by atoms with van der Waals surface area (Å²) in [6.07, 6.45) is 6.04. The Kier molecular flexibility index (Phi) is 2.17. The predicted molar refractivity (Wildman–Crippen MR) is 59.2 cm³/mol. The zero-order valence-corrected chi connectivity index (χ0v) is 8.01. The molecule has 0 radical (unpaired) electrons. The summed E-state index contributed by atoms with van der Waals surface area (Å²) in [5, 5.41) is 9.53. The lowest BCUT2D eigenvalue weighted by Crippen LogP contribution is -1.94. The molecule has 0 atom stereocenters. The maximum Gasteiger partial charge on any atom is 0.161 e. The molecular formula is C11H9N3O. The van der Waals surface area contributed by atoms with Crippen LogP contribution >= 0.6 is 0 Å². The number of pyridine rings is 1. The topological polar surface area (TPSA) is 58.9 Å². The van der Waals surface area contributed by atoms with Gasteiger partial charge in [-0.1, -0.05) is 13.2 Å². The van der Waals surface area contributed by atoms with Gasteiger partial charge in [0.25, 0.3) is 0 Å².